The number of rotatable bonds is 8. The second-order valence-corrected chi connectivity index (χ2v) is 8.22. The zero-order chi connectivity index (χ0) is 24.5. The number of aliphatic hydroxyl groups is 2. The first kappa shape index (κ1) is 23.9. The number of aromatic nitrogens is 4. The SMILES string of the molecule is C#C[C@]1(O)[C@H](n2cnc3c(OCC)nc(N)nc32)O[C@](F)(CO[PH](=O)Oc2ccccc2)[C@H]1O. The summed E-state index contributed by atoms with van der Waals surface area (Å²) >= 11 is 0. The lowest BCUT2D eigenvalue weighted by molar-refractivity contribution is -0.202. The Morgan fingerprint density at radius 3 is 2.79 bits per heavy atom. The van der Waals surface area contributed by atoms with E-state index in [1.165, 1.54) is 12.1 Å². The summed E-state index contributed by atoms with van der Waals surface area (Å²) < 4.78 is 49.7. The van der Waals surface area contributed by atoms with Gasteiger partial charge in [0.05, 0.1) is 12.9 Å². The Morgan fingerprint density at radius 1 is 1.38 bits per heavy atom. The van der Waals surface area contributed by atoms with E-state index < -0.39 is 38.6 Å². The van der Waals surface area contributed by atoms with Crippen molar-refractivity contribution in [2.24, 2.45) is 0 Å². The van der Waals surface area contributed by atoms with Crippen molar-refractivity contribution in [1.82, 2.24) is 19.5 Å². The lowest BCUT2D eigenvalue weighted by Crippen LogP contribution is -2.50. The largest absolute Gasteiger partial charge is 0.476 e. The van der Waals surface area contributed by atoms with Crippen molar-refractivity contribution < 1.29 is 37.7 Å². The zero-order valence-corrected chi connectivity index (χ0v) is 18.8. The van der Waals surface area contributed by atoms with Crippen LogP contribution in [0.4, 0.5) is 10.3 Å². The Labute approximate surface area is 193 Å². The van der Waals surface area contributed by atoms with Crippen LogP contribution in [0.15, 0.2) is 36.7 Å². The van der Waals surface area contributed by atoms with Crippen LogP contribution >= 0.6 is 8.25 Å². The Balaban J connectivity index is 1.61. The molecular formula is C20H21FN5O7P. The normalized spacial score (nSPS) is 27.4. The minimum Gasteiger partial charge on any atom is -0.476 e. The van der Waals surface area contributed by atoms with Gasteiger partial charge in [-0.25, -0.2) is 13.9 Å². The van der Waals surface area contributed by atoms with Gasteiger partial charge < -0.3 is 29.9 Å². The van der Waals surface area contributed by atoms with Crippen LogP contribution in [0.2, 0.25) is 0 Å². The van der Waals surface area contributed by atoms with Crippen LogP contribution in [0.25, 0.3) is 11.2 Å². The molecule has 0 amide bonds. The van der Waals surface area contributed by atoms with Crippen molar-refractivity contribution in [1.29, 1.82) is 0 Å². The zero-order valence-electron chi connectivity index (χ0n) is 17.8. The predicted octanol–water partition coefficient (Wildman–Crippen LogP) is 1.21. The molecule has 2 aromatic heterocycles. The molecule has 1 aliphatic rings. The van der Waals surface area contributed by atoms with Gasteiger partial charge in [-0.2, -0.15) is 9.97 Å². The smallest absolute Gasteiger partial charge is 0.368 e. The highest BCUT2D eigenvalue weighted by atomic mass is 31.1. The van der Waals surface area contributed by atoms with E-state index in [4.69, 9.17) is 30.7 Å². The number of nitrogen functional groups attached to an aromatic ring is 1. The molecule has 1 saturated heterocycles. The molecule has 1 unspecified atom stereocenters. The number of nitrogens with zero attached hydrogens (tertiary/aromatic N) is 4. The Kier molecular flexibility index (Phi) is 6.44. The maximum absolute atomic E-state index is 15.7. The number of nitrogens with two attached hydrogens (primary N) is 1. The number of fused-ring (bicyclic) bond motifs is 1. The summed E-state index contributed by atoms with van der Waals surface area (Å²) in [5, 5.41) is 21.6. The lowest BCUT2D eigenvalue weighted by atomic mass is 9.94. The fraction of sp³-hybridized carbons (Fsp3) is 0.350. The molecule has 1 fully saturated rings. The summed E-state index contributed by atoms with van der Waals surface area (Å²) in [4.78, 5) is 12.1. The molecule has 12 nitrogen and oxygen atoms in total. The fourth-order valence-electron chi connectivity index (χ4n) is 3.42. The second-order valence-electron chi connectivity index (χ2n) is 7.23. The summed E-state index contributed by atoms with van der Waals surface area (Å²) in [6.45, 7) is 0.910. The van der Waals surface area contributed by atoms with E-state index in [0.29, 0.717) is 0 Å². The van der Waals surface area contributed by atoms with Crippen LogP contribution < -0.4 is 15.0 Å². The molecule has 14 heteroatoms. The van der Waals surface area contributed by atoms with E-state index in [1.807, 2.05) is 5.92 Å². The Morgan fingerprint density at radius 2 is 2.12 bits per heavy atom. The van der Waals surface area contributed by atoms with Gasteiger partial charge in [0.1, 0.15) is 12.4 Å². The Hall–Kier alpha value is -3.27. The number of alkyl halides is 1. The molecule has 180 valence electrons. The monoisotopic (exact) mass is 493 g/mol. The van der Waals surface area contributed by atoms with E-state index in [2.05, 4.69) is 15.0 Å². The van der Waals surface area contributed by atoms with Crippen LogP contribution in [0.3, 0.4) is 0 Å². The number of hydrogen-bond donors (Lipinski definition) is 3. The maximum Gasteiger partial charge on any atom is 0.368 e. The summed E-state index contributed by atoms with van der Waals surface area (Å²) in [5.74, 6) is -1.01. The maximum atomic E-state index is 15.7. The third-order valence-corrected chi connectivity index (χ3v) is 5.79. The van der Waals surface area contributed by atoms with E-state index in [9.17, 15) is 14.8 Å². The van der Waals surface area contributed by atoms with Gasteiger partial charge in [0.25, 0.3) is 5.85 Å². The average Bonchev–Trinajstić information content (AvgIpc) is 3.32. The molecular weight excluding hydrogens is 472 g/mol. The third-order valence-electron chi connectivity index (χ3n) is 5.01. The van der Waals surface area contributed by atoms with Gasteiger partial charge >= 0.3 is 8.25 Å². The Bertz CT molecular complexity index is 1260. The van der Waals surface area contributed by atoms with Crippen LogP contribution in [-0.4, -0.2) is 60.5 Å². The third kappa shape index (κ3) is 4.18. The molecule has 0 bridgehead atoms. The first-order valence-corrected chi connectivity index (χ1v) is 11.2. The van der Waals surface area contributed by atoms with Gasteiger partial charge in [-0.1, -0.05) is 24.1 Å². The van der Waals surface area contributed by atoms with E-state index in [0.717, 1.165) is 10.9 Å². The van der Waals surface area contributed by atoms with Gasteiger partial charge in [-0.05, 0) is 19.1 Å². The highest BCUT2D eigenvalue weighted by molar-refractivity contribution is 7.33. The van der Waals surface area contributed by atoms with E-state index in [1.54, 1.807) is 25.1 Å². The number of para-hydroxylation sites is 1. The van der Waals surface area contributed by atoms with Crippen molar-refractivity contribution in [3.8, 4) is 24.0 Å². The quantitative estimate of drug-likeness (QED) is 0.305. The van der Waals surface area contributed by atoms with Crippen LogP contribution in [0.1, 0.15) is 13.2 Å². The number of anilines is 1. The number of halogens is 1. The second kappa shape index (κ2) is 9.17. The topological polar surface area (TPSA) is 164 Å². The minimum absolute atomic E-state index is 0.00739. The first-order chi connectivity index (χ1) is 16.2. The lowest BCUT2D eigenvalue weighted by Gasteiger charge is -2.26. The van der Waals surface area contributed by atoms with Crippen molar-refractivity contribution in [3.63, 3.8) is 0 Å². The van der Waals surface area contributed by atoms with Gasteiger partial charge in [0, 0.05) is 0 Å². The van der Waals surface area contributed by atoms with Crippen molar-refractivity contribution in [3.05, 3.63) is 36.7 Å². The summed E-state index contributed by atoms with van der Waals surface area (Å²) in [6, 6.07) is 8.07. The average molecular weight is 493 g/mol. The molecule has 0 saturated carbocycles. The molecule has 1 aromatic carbocycles. The summed E-state index contributed by atoms with van der Waals surface area (Å²) in [5.41, 5.74) is 3.29. The molecule has 0 radical (unpaired) electrons. The fourth-order valence-corrected chi connectivity index (χ4v) is 4.12. The van der Waals surface area contributed by atoms with Crippen molar-refractivity contribution >= 4 is 25.4 Å². The molecule has 0 aliphatic carbocycles. The van der Waals surface area contributed by atoms with E-state index in [-0.39, 0.29) is 35.3 Å². The number of imidazole rings is 1. The standard InChI is InChI=1S/C20H21FN5O7P/c1-3-19(28)16(27)20(21,10-31-34(29)33-12-8-6-5-7-9-12)32-17(19)26-11-23-13-14(26)24-18(22)25-15(13)30-4-2/h1,5-9,11,16-17,27-28,34H,4,10H2,2H3,(H2,22,24,25)/t16-,17+,19+,20+/m0/s1. The van der Waals surface area contributed by atoms with Crippen molar-refractivity contribution in [2.75, 3.05) is 18.9 Å². The highest BCUT2D eigenvalue weighted by Crippen LogP contribution is 2.47. The van der Waals surface area contributed by atoms with Gasteiger partial charge in [-0.3, -0.25) is 9.09 Å². The van der Waals surface area contributed by atoms with Gasteiger partial charge in [0.15, 0.2) is 23.5 Å². The molecule has 1 aliphatic heterocycles. The van der Waals surface area contributed by atoms with Crippen LogP contribution in [-0.2, 0) is 13.8 Å². The molecule has 34 heavy (non-hydrogen) atoms. The molecule has 4 rings (SSSR count). The molecule has 3 aromatic rings. The first-order valence-electron chi connectivity index (χ1n) is 9.99. The highest BCUT2D eigenvalue weighted by Gasteiger charge is 2.65. The molecule has 4 N–H and O–H groups in total. The number of hydrogen-bond acceptors (Lipinski definition) is 11. The predicted molar refractivity (Wildman–Crippen MR) is 117 cm³/mol. The van der Waals surface area contributed by atoms with Gasteiger partial charge in [0.2, 0.25) is 17.4 Å². The van der Waals surface area contributed by atoms with Gasteiger partial charge in [-0.15, -0.1) is 6.42 Å². The summed E-state index contributed by atoms with van der Waals surface area (Å²) in [6.07, 6.45) is 2.57. The van der Waals surface area contributed by atoms with Crippen LogP contribution in [0.5, 0.6) is 11.6 Å². The number of terminal acetylenes is 1. The number of benzene rings is 1. The molecule has 0 spiro atoms. The number of ether oxygens (including phenoxy) is 2. The summed E-state index contributed by atoms with van der Waals surface area (Å²) in [7, 11) is -3.24. The molecule has 5 atom stereocenters. The van der Waals surface area contributed by atoms with Crippen LogP contribution in [0, 0.1) is 12.3 Å². The number of aliphatic hydroxyl groups excluding tert-OH is 1. The van der Waals surface area contributed by atoms with E-state index >= 15 is 4.39 Å². The molecule has 3 heterocycles. The van der Waals surface area contributed by atoms with Crippen molar-refractivity contribution in [2.45, 2.75) is 30.7 Å². The minimum atomic E-state index is -3.24.